The summed E-state index contributed by atoms with van der Waals surface area (Å²) in [6.07, 6.45) is 5.83. The predicted octanol–water partition coefficient (Wildman–Crippen LogP) is 1.30. The first kappa shape index (κ1) is 15.4. The van der Waals surface area contributed by atoms with E-state index in [-0.39, 0.29) is 30.0 Å². The number of rotatable bonds is 4. The summed E-state index contributed by atoms with van der Waals surface area (Å²) in [5.74, 6) is 0.376. The maximum Gasteiger partial charge on any atom is 0.161 e. The Morgan fingerprint density at radius 3 is 2.67 bits per heavy atom. The molecule has 3 aliphatic rings. The summed E-state index contributed by atoms with van der Waals surface area (Å²) >= 11 is 0. The van der Waals surface area contributed by atoms with Crippen LogP contribution in [0.3, 0.4) is 0 Å². The zero-order valence-corrected chi connectivity index (χ0v) is 12.8. The zero-order valence-electron chi connectivity index (χ0n) is 12.8. The summed E-state index contributed by atoms with van der Waals surface area (Å²) in [6.45, 7) is 4.49. The number of carbonyl (C=O) groups excluding carboxylic acids is 1. The second kappa shape index (κ2) is 7.18. The third-order valence-corrected chi connectivity index (χ3v) is 5.10. The van der Waals surface area contributed by atoms with E-state index >= 15 is 0 Å². The SMILES string of the molecule is O=C(COC1CCNCC1)C1CCOC2(CCOCC2)C1. The Bertz CT molecular complexity index is 343. The number of hydrogen-bond donors (Lipinski definition) is 1. The number of hydrogen-bond acceptors (Lipinski definition) is 5. The average molecular weight is 297 g/mol. The first-order chi connectivity index (χ1) is 10.3. The van der Waals surface area contributed by atoms with Gasteiger partial charge in [0.2, 0.25) is 0 Å². The van der Waals surface area contributed by atoms with Crippen molar-refractivity contribution in [1.29, 1.82) is 0 Å². The van der Waals surface area contributed by atoms with E-state index < -0.39 is 0 Å². The van der Waals surface area contributed by atoms with Crippen LogP contribution in [-0.2, 0) is 19.0 Å². The zero-order chi connectivity index (χ0) is 14.5. The highest BCUT2D eigenvalue weighted by molar-refractivity contribution is 5.82. The molecule has 1 N–H and O–H groups in total. The van der Waals surface area contributed by atoms with Gasteiger partial charge in [0.15, 0.2) is 5.78 Å². The largest absolute Gasteiger partial charge is 0.381 e. The second-order valence-corrected chi connectivity index (χ2v) is 6.56. The number of carbonyl (C=O) groups is 1. The van der Waals surface area contributed by atoms with E-state index in [2.05, 4.69) is 5.32 Å². The van der Waals surface area contributed by atoms with Gasteiger partial charge in [-0.05, 0) is 51.6 Å². The fraction of sp³-hybridized carbons (Fsp3) is 0.938. The highest BCUT2D eigenvalue weighted by atomic mass is 16.5. The van der Waals surface area contributed by atoms with Crippen LogP contribution in [0.15, 0.2) is 0 Å². The van der Waals surface area contributed by atoms with Crippen molar-refractivity contribution in [3.05, 3.63) is 0 Å². The van der Waals surface area contributed by atoms with Crippen molar-refractivity contribution in [2.75, 3.05) is 39.5 Å². The van der Waals surface area contributed by atoms with Gasteiger partial charge in [-0.25, -0.2) is 0 Å². The molecule has 0 aromatic rings. The quantitative estimate of drug-likeness (QED) is 0.847. The molecule has 5 heteroatoms. The van der Waals surface area contributed by atoms with Crippen LogP contribution in [0, 0.1) is 5.92 Å². The first-order valence-corrected chi connectivity index (χ1v) is 8.34. The molecule has 0 bridgehead atoms. The summed E-state index contributed by atoms with van der Waals surface area (Å²) in [5, 5.41) is 3.31. The summed E-state index contributed by atoms with van der Waals surface area (Å²) < 4.78 is 17.2. The molecule has 0 aliphatic carbocycles. The topological polar surface area (TPSA) is 56.8 Å². The van der Waals surface area contributed by atoms with Crippen molar-refractivity contribution < 1.29 is 19.0 Å². The molecule has 0 amide bonds. The van der Waals surface area contributed by atoms with Gasteiger partial charge in [0.1, 0.15) is 6.61 Å². The van der Waals surface area contributed by atoms with E-state index in [1.807, 2.05) is 0 Å². The lowest BCUT2D eigenvalue weighted by molar-refractivity contribution is -0.160. The average Bonchev–Trinajstić information content (AvgIpc) is 2.54. The van der Waals surface area contributed by atoms with Crippen LogP contribution in [0.5, 0.6) is 0 Å². The Morgan fingerprint density at radius 2 is 1.90 bits per heavy atom. The summed E-state index contributed by atoms with van der Waals surface area (Å²) in [4.78, 5) is 12.4. The van der Waals surface area contributed by atoms with Gasteiger partial charge in [-0.1, -0.05) is 0 Å². The van der Waals surface area contributed by atoms with Crippen molar-refractivity contribution in [3.8, 4) is 0 Å². The normalized spacial score (nSPS) is 30.4. The summed E-state index contributed by atoms with van der Waals surface area (Å²) in [5.41, 5.74) is -0.106. The molecule has 0 aromatic carbocycles. The van der Waals surface area contributed by atoms with Crippen LogP contribution in [-0.4, -0.2) is 57.0 Å². The van der Waals surface area contributed by atoms with Gasteiger partial charge in [-0.3, -0.25) is 4.79 Å². The maximum atomic E-state index is 12.4. The van der Waals surface area contributed by atoms with Gasteiger partial charge in [-0.2, -0.15) is 0 Å². The Kier molecular flexibility index (Phi) is 5.27. The number of ketones is 1. The van der Waals surface area contributed by atoms with E-state index in [0.717, 1.165) is 64.8 Å². The minimum absolute atomic E-state index is 0.106. The van der Waals surface area contributed by atoms with Gasteiger partial charge in [0, 0.05) is 25.7 Å². The van der Waals surface area contributed by atoms with Crippen molar-refractivity contribution in [2.24, 2.45) is 5.92 Å². The molecule has 3 fully saturated rings. The lowest BCUT2D eigenvalue weighted by atomic mass is 9.79. The van der Waals surface area contributed by atoms with E-state index in [4.69, 9.17) is 14.2 Å². The number of Topliss-reactive ketones (excluding diaryl/α,β-unsaturated/α-hetero) is 1. The van der Waals surface area contributed by atoms with Crippen LogP contribution in [0.1, 0.15) is 38.5 Å². The lowest BCUT2D eigenvalue weighted by Crippen LogP contribution is -2.46. The summed E-state index contributed by atoms with van der Waals surface area (Å²) in [6, 6.07) is 0. The van der Waals surface area contributed by atoms with Crippen molar-refractivity contribution >= 4 is 5.78 Å². The predicted molar refractivity (Wildman–Crippen MR) is 78.3 cm³/mol. The Labute approximate surface area is 126 Å². The smallest absolute Gasteiger partial charge is 0.161 e. The maximum absolute atomic E-state index is 12.4. The van der Waals surface area contributed by atoms with Crippen LogP contribution in [0.25, 0.3) is 0 Å². The van der Waals surface area contributed by atoms with Crippen LogP contribution in [0.4, 0.5) is 0 Å². The monoisotopic (exact) mass is 297 g/mol. The first-order valence-electron chi connectivity index (χ1n) is 8.34. The molecule has 21 heavy (non-hydrogen) atoms. The van der Waals surface area contributed by atoms with E-state index in [1.165, 1.54) is 0 Å². The minimum Gasteiger partial charge on any atom is -0.381 e. The molecule has 3 rings (SSSR count). The van der Waals surface area contributed by atoms with Gasteiger partial charge in [0.25, 0.3) is 0 Å². The van der Waals surface area contributed by atoms with E-state index in [0.29, 0.717) is 6.61 Å². The molecule has 120 valence electrons. The third kappa shape index (κ3) is 4.03. The lowest BCUT2D eigenvalue weighted by Gasteiger charge is -2.43. The molecule has 0 saturated carbocycles. The van der Waals surface area contributed by atoms with Crippen LogP contribution in [0.2, 0.25) is 0 Å². The van der Waals surface area contributed by atoms with Crippen molar-refractivity contribution in [2.45, 2.75) is 50.2 Å². The minimum atomic E-state index is -0.106. The molecule has 3 aliphatic heterocycles. The van der Waals surface area contributed by atoms with Crippen molar-refractivity contribution in [1.82, 2.24) is 5.32 Å². The fourth-order valence-corrected chi connectivity index (χ4v) is 3.67. The van der Waals surface area contributed by atoms with Crippen LogP contribution < -0.4 is 5.32 Å². The molecule has 1 spiro atoms. The summed E-state index contributed by atoms with van der Waals surface area (Å²) in [7, 11) is 0. The van der Waals surface area contributed by atoms with Crippen molar-refractivity contribution in [3.63, 3.8) is 0 Å². The van der Waals surface area contributed by atoms with Gasteiger partial charge in [-0.15, -0.1) is 0 Å². The fourth-order valence-electron chi connectivity index (χ4n) is 3.67. The Balaban J connectivity index is 1.47. The molecule has 5 nitrogen and oxygen atoms in total. The Hall–Kier alpha value is -0.490. The molecule has 3 saturated heterocycles. The van der Waals surface area contributed by atoms with Crippen LogP contribution >= 0.6 is 0 Å². The third-order valence-electron chi connectivity index (χ3n) is 5.10. The second-order valence-electron chi connectivity index (χ2n) is 6.56. The molecule has 1 atom stereocenters. The molecule has 3 heterocycles. The molecule has 0 aromatic heterocycles. The standard InChI is InChI=1S/C16H27NO4/c18-15(12-20-14-1-6-17-7-2-14)13-3-8-21-16(11-13)4-9-19-10-5-16/h13-14,17H,1-12H2. The molecular weight excluding hydrogens is 270 g/mol. The number of piperidine rings is 1. The highest BCUT2D eigenvalue weighted by Gasteiger charge is 2.41. The number of nitrogens with one attached hydrogen (secondary N) is 1. The van der Waals surface area contributed by atoms with Gasteiger partial charge < -0.3 is 19.5 Å². The molecule has 0 radical (unpaired) electrons. The van der Waals surface area contributed by atoms with Gasteiger partial charge in [0.05, 0.1) is 11.7 Å². The van der Waals surface area contributed by atoms with E-state index in [1.54, 1.807) is 0 Å². The van der Waals surface area contributed by atoms with Gasteiger partial charge >= 0.3 is 0 Å². The molecule has 1 unspecified atom stereocenters. The number of ether oxygens (including phenoxy) is 3. The highest BCUT2D eigenvalue weighted by Crippen LogP contribution is 2.37. The molecular formula is C16H27NO4. The Morgan fingerprint density at radius 1 is 1.14 bits per heavy atom. The van der Waals surface area contributed by atoms with E-state index in [9.17, 15) is 4.79 Å².